The fourth-order valence-corrected chi connectivity index (χ4v) is 1.47. The summed E-state index contributed by atoms with van der Waals surface area (Å²) in [5.74, 6) is -1.69. The molecule has 1 aromatic rings. The average Bonchev–Trinajstić information content (AvgIpc) is 2.23. The molecule has 0 fully saturated rings. The normalized spacial score (nSPS) is 11.1. The zero-order valence-corrected chi connectivity index (χ0v) is 11.5. The SMILES string of the molecule is Cc1ccc(Br)cc1NC(=O)C(C)(C)C(=O)O. The van der Waals surface area contributed by atoms with E-state index in [0.29, 0.717) is 5.69 Å². The van der Waals surface area contributed by atoms with Gasteiger partial charge in [-0.15, -0.1) is 0 Å². The number of hydrogen-bond donors (Lipinski definition) is 2. The molecule has 0 aliphatic rings. The van der Waals surface area contributed by atoms with Gasteiger partial charge in [0.05, 0.1) is 0 Å². The van der Waals surface area contributed by atoms with Crippen molar-refractivity contribution >= 4 is 33.5 Å². The molecule has 0 spiro atoms. The molecule has 0 radical (unpaired) electrons. The van der Waals surface area contributed by atoms with E-state index < -0.39 is 17.3 Å². The van der Waals surface area contributed by atoms with Gasteiger partial charge in [0.2, 0.25) is 5.91 Å². The molecule has 0 atom stereocenters. The second-order valence-electron chi connectivity index (χ2n) is 4.34. The van der Waals surface area contributed by atoms with Gasteiger partial charge in [0.15, 0.2) is 0 Å². The van der Waals surface area contributed by atoms with Gasteiger partial charge < -0.3 is 10.4 Å². The molecular weight excluding hydrogens is 286 g/mol. The van der Waals surface area contributed by atoms with Crippen molar-refractivity contribution in [1.82, 2.24) is 0 Å². The third-order valence-corrected chi connectivity index (χ3v) is 3.04. The lowest BCUT2D eigenvalue weighted by Crippen LogP contribution is -2.38. The zero-order chi connectivity index (χ0) is 13.2. The number of carbonyl (C=O) groups is 2. The van der Waals surface area contributed by atoms with E-state index in [4.69, 9.17) is 5.11 Å². The molecule has 0 saturated carbocycles. The minimum atomic E-state index is -1.45. The summed E-state index contributed by atoms with van der Waals surface area (Å²) in [6.45, 7) is 4.59. The van der Waals surface area contributed by atoms with E-state index in [0.717, 1.165) is 10.0 Å². The van der Waals surface area contributed by atoms with Gasteiger partial charge in [-0.3, -0.25) is 9.59 Å². The molecular formula is C12H14BrNO3. The third-order valence-electron chi connectivity index (χ3n) is 2.55. The highest BCUT2D eigenvalue weighted by Gasteiger charge is 2.36. The lowest BCUT2D eigenvalue weighted by Gasteiger charge is -2.19. The van der Waals surface area contributed by atoms with Crippen molar-refractivity contribution < 1.29 is 14.7 Å². The quantitative estimate of drug-likeness (QED) is 0.844. The number of halogens is 1. The minimum Gasteiger partial charge on any atom is -0.480 e. The molecule has 1 rings (SSSR count). The van der Waals surface area contributed by atoms with Gasteiger partial charge in [-0.1, -0.05) is 22.0 Å². The van der Waals surface area contributed by atoms with E-state index >= 15 is 0 Å². The van der Waals surface area contributed by atoms with Gasteiger partial charge >= 0.3 is 5.97 Å². The summed E-state index contributed by atoms with van der Waals surface area (Å²) in [5.41, 5.74) is 0.0378. The topological polar surface area (TPSA) is 66.4 Å². The summed E-state index contributed by atoms with van der Waals surface area (Å²) in [5, 5.41) is 11.6. The lowest BCUT2D eigenvalue weighted by atomic mass is 9.92. The van der Waals surface area contributed by atoms with Gasteiger partial charge in [0.25, 0.3) is 0 Å². The van der Waals surface area contributed by atoms with Crippen LogP contribution in [0.3, 0.4) is 0 Å². The van der Waals surface area contributed by atoms with Crippen LogP contribution in [0.25, 0.3) is 0 Å². The fraction of sp³-hybridized carbons (Fsp3) is 0.333. The van der Waals surface area contributed by atoms with E-state index in [-0.39, 0.29) is 0 Å². The molecule has 2 N–H and O–H groups in total. The first kappa shape index (κ1) is 13.7. The molecule has 5 heteroatoms. The van der Waals surface area contributed by atoms with Crippen LogP contribution in [-0.4, -0.2) is 17.0 Å². The summed E-state index contributed by atoms with van der Waals surface area (Å²) in [6.07, 6.45) is 0. The van der Waals surface area contributed by atoms with E-state index in [2.05, 4.69) is 21.2 Å². The van der Waals surface area contributed by atoms with Crippen molar-refractivity contribution in [1.29, 1.82) is 0 Å². The number of aryl methyl sites for hydroxylation is 1. The van der Waals surface area contributed by atoms with E-state index in [9.17, 15) is 9.59 Å². The summed E-state index contributed by atoms with van der Waals surface area (Å²) < 4.78 is 0.825. The number of carboxylic acid groups (broad SMARTS) is 1. The maximum Gasteiger partial charge on any atom is 0.318 e. The van der Waals surface area contributed by atoms with Gasteiger partial charge in [-0.2, -0.15) is 0 Å². The van der Waals surface area contributed by atoms with Crippen LogP contribution < -0.4 is 5.32 Å². The molecule has 1 aromatic carbocycles. The monoisotopic (exact) mass is 299 g/mol. The summed E-state index contributed by atoms with van der Waals surface area (Å²) in [4.78, 5) is 22.8. The van der Waals surface area contributed by atoms with Crippen molar-refractivity contribution in [2.24, 2.45) is 5.41 Å². The fourth-order valence-electron chi connectivity index (χ4n) is 1.10. The van der Waals surface area contributed by atoms with E-state index in [1.165, 1.54) is 13.8 Å². The Morgan fingerprint density at radius 1 is 1.35 bits per heavy atom. The molecule has 4 nitrogen and oxygen atoms in total. The van der Waals surface area contributed by atoms with Crippen LogP contribution in [0.5, 0.6) is 0 Å². The van der Waals surface area contributed by atoms with Crippen molar-refractivity contribution in [3.8, 4) is 0 Å². The van der Waals surface area contributed by atoms with Crippen LogP contribution in [-0.2, 0) is 9.59 Å². The predicted octanol–water partition coefficient (Wildman–Crippen LogP) is 2.81. The summed E-state index contributed by atoms with van der Waals surface area (Å²) in [6, 6.07) is 5.44. The predicted molar refractivity (Wildman–Crippen MR) is 68.9 cm³/mol. The Balaban J connectivity index is 2.96. The van der Waals surface area contributed by atoms with Gasteiger partial charge in [-0.05, 0) is 38.5 Å². The lowest BCUT2D eigenvalue weighted by molar-refractivity contribution is -0.151. The molecule has 0 heterocycles. The van der Waals surface area contributed by atoms with E-state index in [1.54, 1.807) is 6.07 Å². The summed E-state index contributed by atoms with van der Waals surface area (Å²) >= 11 is 3.30. The Kier molecular flexibility index (Phi) is 3.93. The second-order valence-corrected chi connectivity index (χ2v) is 5.26. The standard InChI is InChI=1S/C12H14BrNO3/c1-7-4-5-8(13)6-9(7)14-10(15)12(2,3)11(16)17/h4-6H,1-3H3,(H,14,15)(H,16,17). The largest absolute Gasteiger partial charge is 0.480 e. The van der Waals surface area contributed by atoms with Gasteiger partial charge in [0.1, 0.15) is 5.41 Å². The highest BCUT2D eigenvalue weighted by molar-refractivity contribution is 9.10. The van der Waals surface area contributed by atoms with Crippen molar-refractivity contribution in [3.63, 3.8) is 0 Å². The molecule has 92 valence electrons. The molecule has 0 bridgehead atoms. The number of carbonyl (C=O) groups excluding carboxylic acids is 1. The Bertz CT molecular complexity index is 469. The van der Waals surface area contributed by atoms with Crippen LogP contribution in [0.1, 0.15) is 19.4 Å². The molecule has 0 aliphatic heterocycles. The van der Waals surface area contributed by atoms with Crippen molar-refractivity contribution in [2.45, 2.75) is 20.8 Å². The number of aliphatic carboxylic acids is 1. The zero-order valence-electron chi connectivity index (χ0n) is 9.87. The van der Waals surface area contributed by atoms with Crippen LogP contribution in [0.4, 0.5) is 5.69 Å². The Morgan fingerprint density at radius 2 is 1.94 bits per heavy atom. The Morgan fingerprint density at radius 3 is 2.47 bits per heavy atom. The second kappa shape index (κ2) is 4.87. The van der Waals surface area contributed by atoms with Crippen molar-refractivity contribution in [2.75, 3.05) is 5.32 Å². The number of hydrogen-bond acceptors (Lipinski definition) is 2. The van der Waals surface area contributed by atoms with Crippen LogP contribution in [0.2, 0.25) is 0 Å². The van der Waals surface area contributed by atoms with Crippen LogP contribution in [0.15, 0.2) is 22.7 Å². The number of amides is 1. The van der Waals surface area contributed by atoms with Crippen LogP contribution in [0, 0.1) is 12.3 Å². The number of rotatable bonds is 3. The van der Waals surface area contributed by atoms with Crippen molar-refractivity contribution in [3.05, 3.63) is 28.2 Å². The minimum absolute atomic E-state index is 0.536. The highest BCUT2D eigenvalue weighted by atomic mass is 79.9. The smallest absolute Gasteiger partial charge is 0.318 e. The Hall–Kier alpha value is -1.36. The number of carboxylic acids is 1. The van der Waals surface area contributed by atoms with E-state index in [1.807, 2.05) is 19.1 Å². The molecule has 0 unspecified atom stereocenters. The van der Waals surface area contributed by atoms with Crippen LogP contribution >= 0.6 is 15.9 Å². The maximum absolute atomic E-state index is 11.8. The average molecular weight is 300 g/mol. The number of nitrogens with one attached hydrogen (secondary N) is 1. The molecule has 17 heavy (non-hydrogen) atoms. The first-order valence-electron chi connectivity index (χ1n) is 5.06. The van der Waals surface area contributed by atoms with Gasteiger partial charge in [-0.25, -0.2) is 0 Å². The Labute approximate surface area is 108 Å². The number of anilines is 1. The summed E-state index contributed by atoms with van der Waals surface area (Å²) in [7, 11) is 0. The maximum atomic E-state index is 11.8. The molecule has 0 aromatic heterocycles. The molecule has 1 amide bonds. The first-order chi connectivity index (χ1) is 7.75. The molecule has 0 saturated heterocycles. The third kappa shape index (κ3) is 3.06. The highest BCUT2D eigenvalue weighted by Crippen LogP contribution is 2.24. The molecule has 0 aliphatic carbocycles. The van der Waals surface area contributed by atoms with Gasteiger partial charge in [0, 0.05) is 10.2 Å². The number of benzene rings is 1. The first-order valence-corrected chi connectivity index (χ1v) is 5.85.